The summed E-state index contributed by atoms with van der Waals surface area (Å²) in [5, 5.41) is 19.5. The Morgan fingerprint density at radius 2 is 1.97 bits per heavy atom. The van der Waals surface area contributed by atoms with E-state index in [4.69, 9.17) is 27.0 Å². The van der Waals surface area contributed by atoms with E-state index < -0.39 is 4.92 Å². The molecule has 0 spiro atoms. The van der Waals surface area contributed by atoms with Crippen molar-refractivity contribution in [3.05, 3.63) is 63.0 Å². The minimum absolute atomic E-state index is 0.0677. The van der Waals surface area contributed by atoms with Crippen molar-refractivity contribution in [1.82, 2.24) is 0 Å². The number of hydrogen-bond donors (Lipinski definition) is 0. The summed E-state index contributed by atoms with van der Waals surface area (Å²) in [6, 6.07) is 12.7. The van der Waals surface area contributed by atoms with Crippen LogP contribution in [0.5, 0.6) is 11.5 Å². The van der Waals surface area contributed by atoms with E-state index in [1.807, 2.05) is 13.0 Å². The molecular weight excluding hydrogens is 426 g/mol. The number of carbonyl (C=O) groups is 1. The van der Waals surface area contributed by atoms with Crippen LogP contribution in [0.25, 0.3) is 6.08 Å². The molecule has 1 aliphatic heterocycles. The average molecular weight is 441 g/mol. The van der Waals surface area contributed by atoms with Gasteiger partial charge in [-0.25, -0.2) is 0 Å². The van der Waals surface area contributed by atoms with Crippen LogP contribution in [0.1, 0.15) is 12.5 Å². The molecule has 30 heavy (non-hydrogen) atoms. The van der Waals surface area contributed by atoms with Crippen molar-refractivity contribution in [2.45, 2.75) is 6.92 Å². The van der Waals surface area contributed by atoms with Crippen LogP contribution in [-0.4, -0.2) is 28.4 Å². The van der Waals surface area contributed by atoms with Crippen LogP contribution in [-0.2, 0) is 4.79 Å². The van der Waals surface area contributed by atoms with Gasteiger partial charge in [0.2, 0.25) is 0 Å². The van der Waals surface area contributed by atoms with Gasteiger partial charge in [-0.05, 0) is 42.8 Å². The van der Waals surface area contributed by atoms with Crippen LogP contribution in [0.15, 0.2) is 47.4 Å². The topological polar surface area (TPSA) is 106 Å². The molecule has 2 aromatic carbocycles. The molecule has 0 bridgehead atoms. The Bertz CT molecular complexity index is 1080. The third kappa shape index (κ3) is 4.59. The van der Waals surface area contributed by atoms with Gasteiger partial charge in [0.1, 0.15) is 6.07 Å². The Labute approximate surface area is 181 Å². The molecule has 3 rings (SSSR count). The highest BCUT2D eigenvalue weighted by Crippen LogP contribution is 2.37. The largest absolute Gasteiger partial charge is 0.490 e. The van der Waals surface area contributed by atoms with Crippen LogP contribution >= 0.6 is 24.0 Å². The normalized spacial score (nSPS) is 14.7. The smallest absolute Gasteiger partial charge is 0.270 e. The summed E-state index contributed by atoms with van der Waals surface area (Å²) in [7, 11) is 0. The molecule has 1 saturated heterocycles. The second-order valence-electron chi connectivity index (χ2n) is 5.88. The van der Waals surface area contributed by atoms with Gasteiger partial charge in [0.15, 0.2) is 22.4 Å². The maximum absolute atomic E-state index is 12.9. The molecule has 10 heteroatoms. The molecule has 1 aliphatic rings. The lowest BCUT2D eigenvalue weighted by atomic mass is 10.1. The maximum atomic E-state index is 12.9. The number of nitrogens with zero attached hydrogens (tertiary/aromatic N) is 3. The summed E-state index contributed by atoms with van der Waals surface area (Å²) in [6.45, 7) is 2.14. The Hall–Kier alpha value is -3.42. The number of ether oxygens (including phenoxy) is 2. The van der Waals surface area contributed by atoms with Crippen LogP contribution in [0.3, 0.4) is 0 Å². The minimum Gasteiger partial charge on any atom is -0.490 e. The van der Waals surface area contributed by atoms with Gasteiger partial charge in [-0.1, -0.05) is 30.0 Å². The Morgan fingerprint density at radius 3 is 2.60 bits per heavy atom. The maximum Gasteiger partial charge on any atom is 0.270 e. The number of amides is 1. The Balaban J connectivity index is 1.87. The van der Waals surface area contributed by atoms with E-state index in [2.05, 4.69) is 0 Å². The lowest BCUT2D eigenvalue weighted by Gasteiger charge is -2.14. The molecule has 8 nitrogen and oxygen atoms in total. The quantitative estimate of drug-likeness (QED) is 0.271. The van der Waals surface area contributed by atoms with Crippen molar-refractivity contribution in [2.75, 3.05) is 18.1 Å². The fraction of sp³-hybridized carbons (Fsp3) is 0.150. The molecule has 0 saturated carbocycles. The van der Waals surface area contributed by atoms with E-state index in [1.54, 1.807) is 24.3 Å². The Morgan fingerprint density at radius 1 is 1.23 bits per heavy atom. The van der Waals surface area contributed by atoms with E-state index >= 15 is 0 Å². The number of rotatable bonds is 7. The van der Waals surface area contributed by atoms with Crippen molar-refractivity contribution in [1.29, 1.82) is 5.26 Å². The summed E-state index contributed by atoms with van der Waals surface area (Å²) in [4.78, 5) is 24.9. The zero-order valence-electron chi connectivity index (χ0n) is 15.7. The number of hydrogen-bond acceptors (Lipinski definition) is 8. The summed E-state index contributed by atoms with van der Waals surface area (Å²) < 4.78 is 11.2. The van der Waals surface area contributed by atoms with Crippen molar-refractivity contribution >= 4 is 51.7 Å². The number of carbonyl (C=O) groups excluding carboxylic acids is 1. The van der Waals surface area contributed by atoms with Crippen LogP contribution in [0.4, 0.5) is 11.4 Å². The van der Waals surface area contributed by atoms with Crippen molar-refractivity contribution in [3.63, 3.8) is 0 Å². The van der Waals surface area contributed by atoms with Gasteiger partial charge in [-0.2, -0.15) is 5.26 Å². The number of nitriles is 1. The molecular formula is C20H15N3O5S2. The summed E-state index contributed by atoms with van der Waals surface area (Å²) in [5.41, 5.74) is 1.09. The molecule has 0 aromatic heterocycles. The highest BCUT2D eigenvalue weighted by atomic mass is 32.2. The molecule has 0 unspecified atom stereocenters. The predicted molar refractivity (Wildman–Crippen MR) is 117 cm³/mol. The lowest BCUT2D eigenvalue weighted by Crippen LogP contribution is -2.27. The van der Waals surface area contributed by atoms with E-state index in [1.165, 1.54) is 29.2 Å². The second-order valence-corrected chi connectivity index (χ2v) is 7.55. The molecule has 1 amide bonds. The van der Waals surface area contributed by atoms with Crippen molar-refractivity contribution < 1.29 is 19.2 Å². The molecule has 0 aliphatic carbocycles. The van der Waals surface area contributed by atoms with Gasteiger partial charge in [0.05, 0.1) is 22.1 Å². The molecule has 1 fully saturated rings. The number of non-ortho nitro benzene ring substituents is 1. The SMILES string of the molecule is CCOc1cc(/C=C2/SC(=S)N(c3ccc([N+](=O)[O-])cc3)C2=O)ccc1OCC#N. The number of anilines is 1. The number of benzene rings is 2. The number of thiocarbonyl (C=S) groups is 1. The molecule has 0 N–H and O–H groups in total. The van der Waals surface area contributed by atoms with Gasteiger partial charge in [0, 0.05) is 12.1 Å². The standard InChI is InChI=1S/C20H15N3O5S2/c1-2-27-17-11-13(3-8-16(17)28-10-9-21)12-18-19(24)22(20(29)30-18)14-4-6-15(7-5-14)23(25)26/h3-8,11-12H,2,10H2,1H3/b18-12+. The first-order valence-corrected chi connectivity index (χ1v) is 9.96. The fourth-order valence-corrected chi connectivity index (χ4v) is 3.98. The van der Waals surface area contributed by atoms with Gasteiger partial charge in [0.25, 0.3) is 11.6 Å². The highest BCUT2D eigenvalue weighted by molar-refractivity contribution is 8.27. The molecule has 1 heterocycles. The average Bonchev–Trinajstić information content (AvgIpc) is 3.00. The fourth-order valence-electron chi connectivity index (χ4n) is 2.68. The lowest BCUT2D eigenvalue weighted by molar-refractivity contribution is -0.384. The molecule has 0 atom stereocenters. The zero-order valence-corrected chi connectivity index (χ0v) is 17.4. The number of thioether (sulfide) groups is 1. The van der Waals surface area contributed by atoms with E-state index in [9.17, 15) is 14.9 Å². The minimum atomic E-state index is -0.506. The zero-order chi connectivity index (χ0) is 21.7. The van der Waals surface area contributed by atoms with Crippen LogP contribution in [0.2, 0.25) is 0 Å². The van der Waals surface area contributed by atoms with E-state index in [-0.39, 0.29) is 18.2 Å². The van der Waals surface area contributed by atoms with E-state index in [0.29, 0.717) is 38.6 Å². The first-order valence-electron chi connectivity index (χ1n) is 8.73. The van der Waals surface area contributed by atoms with Crippen molar-refractivity contribution in [2.24, 2.45) is 0 Å². The van der Waals surface area contributed by atoms with Crippen LogP contribution in [0, 0.1) is 21.4 Å². The van der Waals surface area contributed by atoms with Gasteiger partial charge in [-0.3, -0.25) is 19.8 Å². The second kappa shape index (κ2) is 9.39. The molecule has 152 valence electrons. The predicted octanol–water partition coefficient (Wildman–Crippen LogP) is 4.30. The molecule has 2 aromatic rings. The third-order valence-electron chi connectivity index (χ3n) is 3.97. The highest BCUT2D eigenvalue weighted by Gasteiger charge is 2.33. The van der Waals surface area contributed by atoms with Gasteiger partial charge in [-0.15, -0.1) is 0 Å². The molecule has 0 radical (unpaired) electrons. The van der Waals surface area contributed by atoms with Crippen LogP contribution < -0.4 is 14.4 Å². The third-order valence-corrected chi connectivity index (χ3v) is 5.27. The number of nitro benzene ring substituents is 1. The number of nitro groups is 1. The summed E-state index contributed by atoms with van der Waals surface area (Å²) >= 11 is 6.47. The summed E-state index contributed by atoms with van der Waals surface area (Å²) in [5.74, 6) is 0.586. The van der Waals surface area contributed by atoms with Gasteiger partial charge < -0.3 is 9.47 Å². The van der Waals surface area contributed by atoms with Gasteiger partial charge >= 0.3 is 0 Å². The first-order chi connectivity index (χ1) is 14.4. The first kappa shape index (κ1) is 21.3. The van der Waals surface area contributed by atoms with E-state index in [0.717, 1.165) is 11.8 Å². The Kier molecular flexibility index (Phi) is 6.66. The monoisotopic (exact) mass is 441 g/mol. The summed E-state index contributed by atoms with van der Waals surface area (Å²) in [6.07, 6.45) is 1.68. The van der Waals surface area contributed by atoms with Crippen molar-refractivity contribution in [3.8, 4) is 17.6 Å².